The van der Waals surface area contributed by atoms with Gasteiger partial charge in [-0.05, 0) is 11.8 Å². The van der Waals surface area contributed by atoms with Crippen LogP contribution in [0.4, 0.5) is 0 Å². The lowest BCUT2D eigenvalue weighted by atomic mass is 9.93. The lowest BCUT2D eigenvalue weighted by Gasteiger charge is -2.17. The number of hydrogen-bond donors (Lipinski definition) is 0. The topological polar surface area (TPSA) is 9.23 Å². The third kappa shape index (κ3) is 4.07. The molecule has 0 aliphatic carbocycles. The van der Waals surface area contributed by atoms with E-state index in [9.17, 15) is 0 Å². The van der Waals surface area contributed by atoms with Crippen molar-refractivity contribution in [3.8, 4) is 0 Å². The molecule has 0 aromatic carbocycles. The fourth-order valence-electron chi connectivity index (χ4n) is 1.17. The van der Waals surface area contributed by atoms with Gasteiger partial charge in [0.25, 0.3) is 0 Å². The Balaban J connectivity index is 3.38. The first-order chi connectivity index (χ1) is 4.72. The van der Waals surface area contributed by atoms with Gasteiger partial charge in [0, 0.05) is 6.61 Å². The third-order valence-electron chi connectivity index (χ3n) is 2.14. The molecular weight excluding hydrogens is 140 g/mol. The molecule has 0 aliphatic heterocycles. The van der Waals surface area contributed by atoms with Crippen LogP contribution >= 0.6 is 0 Å². The molecule has 0 fully saturated rings. The van der Waals surface area contributed by atoms with E-state index in [1.54, 1.807) is 0 Å². The minimum Gasteiger partial charge on any atom is -0.428 e. The van der Waals surface area contributed by atoms with Gasteiger partial charge in [0.05, 0.1) is 0 Å². The maximum Gasteiger partial charge on any atom is 0.145 e. The molecule has 0 saturated carbocycles. The van der Waals surface area contributed by atoms with Crippen LogP contribution in [0.1, 0.15) is 33.6 Å². The molecule has 0 spiro atoms. The Morgan fingerprint density at radius 2 is 1.90 bits per heavy atom. The van der Waals surface area contributed by atoms with E-state index in [2.05, 4.69) is 20.8 Å². The number of hydrogen-bond acceptors (Lipinski definition) is 1. The van der Waals surface area contributed by atoms with E-state index in [0.717, 1.165) is 28.9 Å². The minimum atomic E-state index is 0.748. The van der Waals surface area contributed by atoms with Crippen LogP contribution in [0, 0.1) is 11.8 Å². The second-order valence-electron chi connectivity index (χ2n) is 3.20. The van der Waals surface area contributed by atoms with Crippen molar-refractivity contribution in [3.05, 3.63) is 0 Å². The molecule has 0 amide bonds. The zero-order chi connectivity index (χ0) is 7.98. The zero-order valence-electron chi connectivity index (χ0n) is 7.68. The minimum absolute atomic E-state index is 0.748. The Hall–Kier alpha value is 0.177. The summed E-state index contributed by atoms with van der Waals surface area (Å²) in [6.45, 7) is 7.80. The lowest BCUT2D eigenvalue weighted by Crippen LogP contribution is -2.13. The summed E-state index contributed by atoms with van der Waals surface area (Å²) in [7, 11) is 0.887. The number of rotatable bonds is 5. The summed E-state index contributed by atoms with van der Waals surface area (Å²) in [5.41, 5.74) is 0. The Kier molecular flexibility index (Phi) is 6.03. The molecule has 62 valence electrons. The summed E-state index contributed by atoms with van der Waals surface area (Å²) in [6.07, 6.45) is 2.64. The van der Waals surface area contributed by atoms with Crippen LogP contribution in [0.25, 0.3) is 0 Å². The van der Waals surface area contributed by atoms with E-state index in [-0.39, 0.29) is 0 Å². The molecular formula is C8H20OSi. The van der Waals surface area contributed by atoms with Crippen LogP contribution in [0.3, 0.4) is 0 Å². The van der Waals surface area contributed by atoms with Gasteiger partial charge in [-0.3, -0.25) is 0 Å². The molecule has 0 aliphatic rings. The molecule has 0 rings (SSSR count). The summed E-state index contributed by atoms with van der Waals surface area (Å²) >= 11 is 0. The largest absolute Gasteiger partial charge is 0.428 e. The summed E-state index contributed by atoms with van der Waals surface area (Å²) in [6, 6.07) is 0. The maximum atomic E-state index is 5.21. The third-order valence-corrected chi connectivity index (χ3v) is 2.48. The van der Waals surface area contributed by atoms with Gasteiger partial charge in [0.15, 0.2) is 0 Å². The second-order valence-corrected chi connectivity index (χ2v) is 3.78. The first-order valence-corrected chi connectivity index (χ1v) is 5.03. The first kappa shape index (κ1) is 10.2. The monoisotopic (exact) mass is 160 g/mol. The predicted octanol–water partition coefficient (Wildman–Crippen LogP) is 1.36. The predicted molar refractivity (Wildman–Crippen MR) is 49.1 cm³/mol. The molecule has 10 heavy (non-hydrogen) atoms. The van der Waals surface area contributed by atoms with E-state index in [1.807, 2.05) is 0 Å². The van der Waals surface area contributed by atoms with Crippen LogP contribution in [-0.2, 0) is 4.43 Å². The maximum absolute atomic E-state index is 5.21. The average Bonchev–Trinajstić information content (AvgIpc) is 1.89. The molecule has 0 aromatic rings. The van der Waals surface area contributed by atoms with Gasteiger partial charge in [0.2, 0.25) is 0 Å². The SMILES string of the molecule is CCCC(C)C(C)CO[SiH3]. The van der Waals surface area contributed by atoms with Crippen molar-refractivity contribution in [1.82, 2.24) is 0 Å². The van der Waals surface area contributed by atoms with Crippen molar-refractivity contribution in [3.63, 3.8) is 0 Å². The van der Waals surface area contributed by atoms with Crippen LogP contribution in [0.5, 0.6) is 0 Å². The van der Waals surface area contributed by atoms with Gasteiger partial charge >= 0.3 is 0 Å². The fourth-order valence-corrected chi connectivity index (χ4v) is 1.69. The molecule has 0 N–H and O–H groups in total. The summed E-state index contributed by atoms with van der Waals surface area (Å²) in [4.78, 5) is 0. The van der Waals surface area contributed by atoms with Gasteiger partial charge in [-0.1, -0.05) is 33.6 Å². The average molecular weight is 160 g/mol. The smallest absolute Gasteiger partial charge is 0.145 e. The van der Waals surface area contributed by atoms with Crippen molar-refractivity contribution < 1.29 is 4.43 Å². The van der Waals surface area contributed by atoms with Crippen molar-refractivity contribution in [2.75, 3.05) is 6.61 Å². The standard InChI is InChI=1S/C8H20OSi/c1-4-5-7(2)8(3)6-9-10/h7-8H,4-6H2,1-3,10H3. The highest BCUT2D eigenvalue weighted by Crippen LogP contribution is 2.16. The first-order valence-electron chi connectivity index (χ1n) is 4.21. The van der Waals surface area contributed by atoms with Gasteiger partial charge in [-0.25, -0.2) is 0 Å². The molecule has 1 nitrogen and oxygen atoms in total. The van der Waals surface area contributed by atoms with Gasteiger partial charge < -0.3 is 4.43 Å². The molecule has 0 bridgehead atoms. The highest BCUT2D eigenvalue weighted by molar-refractivity contribution is 5.97. The van der Waals surface area contributed by atoms with Gasteiger partial charge in [-0.15, -0.1) is 0 Å². The van der Waals surface area contributed by atoms with Crippen LogP contribution in [0.2, 0.25) is 0 Å². The van der Waals surface area contributed by atoms with Crippen molar-refractivity contribution in [2.45, 2.75) is 33.6 Å². The van der Waals surface area contributed by atoms with Crippen LogP contribution < -0.4 is 0 Å². The molecule has 2 heteroatoms. The van der Waals surface area contributed by atoms with E-state index in [1.165, 1.54) is 12.8 Å². The zero-order valence-corrected chi connectivity index (χ0v) is 9.68. The quantitative estimate of drug-likeness (QED) is 0.552. The summed E-state index contributed by atoms with van der Waals surface area (Å²) < 4.78 is 5.21. The molecule has 0 saturated heterocycles. The van der Waals surface area contributed by atoms with Crippen molar-refractivity contribution in [1.29, 1.82) is 0 Å². The van der Waals surface area contributed by atoms with Crippen LogP contribution in [-0.4, -0.2) is 17.1 Å². The van der Waals surface area contributed by atoms with E-state index in [4.69, 9.17) is 4.43 Å². The van der Waals surface area contributed by atoms with Crippen molar-refractivity contribution in [2.24, 2.45) is 11.8 Å². The van der Waals surface area contributed by atoms with Gasteiger partial charge in [-0.2, -0.15) is 0 Å². The fraction of sp³-hybridized carbons (Fsp3) is 1.00. The summed E-state index contributed by atoms with van der Waals surface area (Å²) in [5, 5.41) is 0. The highest BCUT2D eigenvalue weighted by Gasteiger charge is 2.09. The molecule has 0 heterocycles. The van der Waals surface area contributed by atoms with Gasteiger partial charge in [0.1, 0.15) is 10.5 Å². The Morgan fingerprint density at radius 1 is 1.30 bits per heavy atom. The molecule has 0 radical (unpaired) electrons. The van der Waals surface area contributed by atoms with Crippen molar-refractivity contribution >= 4 is 10.5 Å². The lowest BCUT2D eigenvalue weighted by molar-refractivity contribution is 0.223. The molecule has 2 unspecified atom stereocenters. The molecule has 0 aromatic heterocycles. The van der Waals surface area contributed by atoms with E-state index >= 15 is 0 Å². The normalized spacial score (nSPS) is 17.1. The van der Waals surface area contributed by atoms with E-state index in [0.29, 0.717) is 0 Å². The van der Waals surface area contributed by atoms with Crippen LogP contribution in [0.15, 0.2) is 0 Å². The Labute approximate surface area is 67.7 Å². The highest BCUT2D eigenvalue weighted by atomic mass is 28.2. The molecule has 2 atom stereocenters. The Morgan fingerprint density at radius 3 is 2.30 bits per heavy atom. The Bertz CT molecular complexity index is 65.7. The van der Waals surface area contributed by atoms with E-state index < -0.39 is 0 Å². The summed E-state index contributed by atoms with van der Waals surface area (Å²) in [5.74, 6) is 1.58. The second kappa shape index (κ2) is 5.92.